The molecular formula is C7H15ClN2. The number of rotatable bonds is 2. The van der Waals surface area contributed by atoms with E-state index in [9.17, 15) is 0 Å². The molecular weight excluding hydrogens is 148 g/mol. The first-order valence-corrected chi connectivity index (χ1v) is 4.05. The quantitative estimate of drug-likeness (QED) is 0.596. The highest BCUT2D eigenvalue weighted by Crippen LogP contribution is 2.23. The van der Waals surface area contributed by atoms with Crippen LogP contribution in [0, 0.1) is 0 Å². The molecule has 0 radical (unpaired) electrons. The summed E-state index contributed by atoms with van der Waals surface area (Å²) in [6, 6.07) is 0. The van der Waals surface area contributed by atoms with E-state index in [1.807, 2.05) is 0 Å². The lowest BCUT2D eigenvalue weighted by Gasteiger charge is -2.23. The van der Waals surface area contributed by atoms with E-state index in [2.05, 4.69) is 24.3 Å². The highest BCUT2D eigenvalue weighted by molar-refractivity contribution is 6.24. The molecule has 1 aliphatic heterocycles. The van der Waals surface area contributed by atoms with Crippen LogP contribution in [0.2, 0.25) is 0 Å². The summed E-state index contributed by atoms with van der Waals surface area (Å²) in [6.45, 7) is 2.99. The lowest BCUT2D eigenvalue weighted by Crippen LogP contribution is -2.36. The van der Waals surface area contributed by atoms with Crippen LogP contribution in [0.4, 0.5) is 0 Å². The number of hydrogen-bond acceptors (Lipinski definition) is 2. The first-order chi connectivity index (χ1) is 4.62. The Bertz CT molecular complexity index is 108. The topological polar surface area (TPSA) is 15.3 Å². The Balaban J connectivity index is 2.36. The van der Waals surface area contributed by atoms with Gasteiger partial charge in [0.1, 0.15) is 0 Å². The van der Waals surface area contributed by atoms with Gasteiger partial charge in [0.25, 0.3) is 0 Å². The van der Waals surface area contributed by atoms with Crippen molar-refractivity contribution in [3.8, 4) is 0 Å². The first-order valence-electron chi connectivity index (χ1n) is 3.67. The van der Waals surface area contributed by atoms with Crippen LogP contribution in [0.15, 0.2) is 0 Å². The monoisotopic (exact) mass is 162 g/mol. The molecule has 60 valence electrons. The third kappa shape index (κ3) is 2.11. The van der Waals surface area contributed by atoms with Crippen molar-refractivity contribution in [3.05, 3.63) is 0 Å². The van der Waals surface area contributed by atoms with Gasteiger partial charge in [0.2, 0.25) is 0 Å². The van der Waals surface area contributed by atoms with E-state index in [0.29, 0.717) is 0 Å². The molecule has 1 atom stereocenters. The summed E-state index contributed by atoms with van der Waals surface area (Å²) >= 11 is 6.26. The van der Waals surface area contributed by atoms with Gasteiger partial charge in [-0.2, -0.15) is 0 Å². The fourth-order valence-corrected chi connectivity index (χ4v) is 1.84. The minimum atomic E-state index is 0.00347. The summed E-state index contributed by atoms with van der Waals surface area (Å²) in [6.07, 6.45) is 1.09. The summed E-state index contributed by atoms with van der Waals surface area (Å²) in [5, 5.41) is 3.26. The maximum atomic E-state index is 6.26. The molecule has 1 fully saturated rings. The molecule has 2 nitrogen and oxygen atoms in total. The van der Waals surface area contributed by atoms with Crippen LogP contribution in [0.5, 0.6) is 0 Å². The molecule has 3 heteroatoms. The number of nitrogens with one attached hydrogen (secondary N) is 1. The average Bonchev–Trinajstić information content (AvgIpc) is 2.12. The Morgan fingerprint density at radius 3 is 2.70 bits per heavy atom. The maximum absolute atomic E-state index is 6.26. The Morgan fingerprint density at radius 2 is 2.30 bits per heavy atom. The van der Waals surface area contributed by atoms with Crippen LogP contribution in [0.3, 0.4) is 0 Å². The highest BCUT2D eigenvalue weighted by atomic mass is 35.5. The molecule has 1 heterocycles. The van der Waals surface area contributed by atoms with E-state index in [-0.39, 0.29) is 4.87 Å². The smallest absolute Gasteiger partial charge is 0.0708 e. The van der Waals surface area contributed by atoms with Gasteiger partial charge in [-0.3, -0.25) is 0 Å². The van der Waals surface area contributed by atoms with Crippen LogP contribution in [-0.2, 0) is 0 Å². The molecule has 0 spiro atoms. The van der Waals surface area contributed by atoms with E-state index >= 15 is 0 Å². The standard InChI is InChI=1S/C7H15ClN2/c1-10(2)6-7(8)3-4-9-5-7/h9H,3-6H2,1-2H3. The van der Waals surface area contributed by atoms with Crippen molar-refractivity contribution in [2.75, 3.05) is 33.7 Å². The molecule has 0 aromatic carbocycles. The Hall–Kier alpha value is 0.210. The van der Waals surface area contributed by atoms with Crippen LogP contribution in [0.25, 0.3) is 0 Å². The molecule has 1 rings (SSSR count). The lowest BCUT2D eigenvalue weighted by atomic mass is 10.1. The molecule has 0 saturated carbocycles. The maximum Gasteiger partial charge on any atom is 0.0708 e. The zero-order chi connectivity index (χ0) is 7.61. The van der Waals surface area contributed by atoms with E-state index in [0.717, 1.165) is 26.1 Å². The second kappa shape index (κ2) is 3.07. The van der Waals surface area contributed by atoms with Gasteiger partial charge in [-0.05, 0) is 27.1 Å². The van der Waals surface area contributed by atoms with Crippen molar-refractivity contribution >= 4 is 11.6 Å². The summed E-state index contributed by atoms with van der Waals surface area (Å²) in [5.74, 6) is 0. The number of hydrogen-bond donors (Lipinski definition) is 1. The van der Waals surface area contributed by atoms with Gasteiger partial charge in [0, 0.05) is 13.1 Å². The molecule has 10 heavy (non-hydrogen) atoms. The number of halogens is 1. The molecule has 1 N–H and O–H groups in total. The number of alkyl halides is 1. The lowest BCUT2D eigenvalue weighted by molar-refractivity contribution is 0.356. The summed E-state index contributed by atoms with van der Waals surface area (Å²) < 4.78 is 0. The number of nitrogens with zero attached hydrogens (tertiary/aromatic N) is 1. The zero-order valence-corrected chi connectivity index (χ0v) is 7.41. The molecule has 1 unspecified atom stereocenters. The van der Waals surface area contributed by atoms with Crippen LogP contribution in [0.1, 0.15) is 6.42 Å². The van der Waals surface area contributed by atoms with Gasteiger partial charge in [-0.25, -0.2) is 0 Å². The highest BCUT2D eigenvalue weighted by Gasteiger charge is 2.31. The third-order valence-corrected chi connectivity index (χ3v) is 2.23. The molecule has 0 amide bonds. The second-order valence-corrected chi connectivity index (χ2v) is 4.12. The van der Waals surface area contributed by atoms with Crippen molar-refractivity contribution in [1.29, 1.82) is 0 Å². The van der Waals surface area contributed by atoms with Gasteiger partial charge in [0.05, 0.1) is 4.87 Å². The SMILES string of the molecule is CN(C)CC1(Cl)CCNC1. The molecule has 1 aliphatic rings. The largest absolute Gasteiger partial charge is 0.315 e. The third-order valence-electron chi connectivity index (χ3n) is 1.79. The minimum Gasteiger partial charge on any atom is -0.315 e. The molecule has 1 saturated heterocycles. The van der Waals surface area contributed by atoms with Gasteiger partial charge < -0.3 is 10.2 Å². The second-order valence-electron chi connectivity index (χ2n) is 3.32. The van der Waals surface area contributed by atoms with E-state index in [1.165, 1.54) is 0 Å². The fourth-order valence-electron chi connectivity index (χ4n) is 1.41. The van der Waals surface area contributed by atoms with Crippen LogP contribution in [-0.4, -0.2) is 43.5 Å². The van der Waals surface area contributed by atoms with Crippen molar-refractivity contribution in [2.45, 2.75) is 11.3 Å². The Labute approximate surface area is 67.5 Å². The molecule has 0 aromatic heterocycles. The zero-order valence-electron chi connectivity index (χ0n) is 6.65. The average molecular weight is 163 g/mol. The van der Waals surface area contributed by atoms with E-state index in [4.69, 9.17) is 11.6 Å². The summed E-state index contributed by atoms with van der Waals surface area (Å²) in [7, 11) is 4.12. The van der Waals surface area contributed by atoms with Crippen molar-refractivity contribution in [3.63, 3.8) is 0 Å². The Morgan fingerprint density at radius 1 is 1.60 bits per heavy atom. The van der Waals surface area contributed by atoms with Gasteiger partial charge in [-0.15, -0.1) is 11.6 Å². The van der Waals surface area contributed by atoms with E-state index in [1.54, 1.807) is 0 Å². The molecule has 0 aliphatic carbocycles. The Kier molecular flexibility index (Phi) is 2.55. The van der Waals surface area contributed by atoms with Crippen molar-refractivity contribution in [2.24, 2.45) is 0 Å². The molecule has 0 aromatic rings. The fraction of sp³-hybridized carbons (Fsp3) is 1.00. The molecule has 0 bridgehead atoms. The van der Waals surface area contributed by atoms with Crippen molar-refractivity contribution in [1.82, 2.24) is 10.2 Å². The van der Waals surface area contributed by atoms with Crippen molar-refractivity contribution < 1.29 is 0 Å². The summed E-state index contributed by atoms with van der Waals surface area (Å²) in [5.41, 5.74) is 0. The minimum absolute atomic E-state index is 0.00347. The predicted octanol–water partition coefficient (Wildman–Crippen LogP) is 0.519. The normalized spacial score (nSPS) is 33.6. The van der Waals surface area contributed by atoms with Gasteiger partial charge >= 0.3 is 0 Å². The van der Waals surface area contributed by atoms with Gasteiger partial charge in [-0.1, -0.05) is 0 Å². The predicted molar refractivity (Wildman–Crippen MR) is 44.6 cm³/mol. The summed E-state index contributed by atoms with van der Waals surface area (Å²) in [4.78, 5) is 2.14. The van der Waals surface area contributed by atoms with Gasteiger partial charge in [0.15, 0.2) is 0 Å². The first kappa shape index (κ1) is 8.31. The van der Waals surface area contributed by atoms with Crippen LogP contribution < -0.4 is 5.32 Å². The van der Waals surface area contributed by atoms with E-state index < -0.39 is 0 Å². The van der Waals surface area contributed by atoms with Crippen LogP contribution >= 0.6 is 11.6 Å².